The van der Waals surface area contributed by atoms with E-state index in [2.05, 4.69) is 0 Å². The largest absolute Gasteiger partial charge is 2.00 e. The first-order valence-electron chi connectivity index (χ1n) is 6.26. The first-order chi connectivity index (χ1) is 8.41. The van der Waals surface area contributed by atoms with Crippen molar-refractivity contribution in [3.63, 3.8) is 0 Å². The van der Waals surface area contributed by atoms with E-state index in [0.29, 0.717) is 13.2 Å². The van der Waals surface area contributed by atoms with E-state index in [9.17, 15) is 0 Å². The molecule has 0 aromatic heterocycles. The van der Waals surface area contributed by atoms with Crippen LogP contribution in [0.5, 0.6) is 0 Å². The first kappa shape index (κ1) is 20.9. The number of ether oxygens (including phenoxy) is 4. The Balaban J connectivity index is 0. The van der Waals surface area contributed by atoms with Crippen LogP contribution in [-0.2, 0) is 24.4 Å². The predicted octanol–water partition coefficient (Wildman–Crippen LogP) is 1.51. The zero-order valence-corrected chi connectivity index (χ0v) is 14.5. The van der Waals surface area contributed by atoms with E-state index in [-0.39, 0.29) is 26.6 Å². The molecule has 0 fully saturated rings. The van der Waals surface area contributed by atoms with Crippen molar-refractivity contribution in [2.45, 2.75) is 21.7 Å². The Morgan fingerprint density at radius 1 is 0.667 bits per heavy atom. The maximum absolute atomic E-state index is 5.41. The van der Waals surface area contributed by atoms with Crippen LogP contribution >= 0.6 is 0 Å². The van der Waals surface area contributed by atoms with Gasteiger partial charge < -0.3 is 5.48 Å². The molecule has 0 saturated heterocycles. The number of rotatable bonds is 14. The normalized spacial score (nSPS) is 9.89. The summed E-state index contributed by atoms with van der Waals surface area (Å²) in [6.45, 7) is 4.67. The average molecular weight is 369 g/mol. The molecule has 0 aromatic carbocycles. The Hall–Kier alpha value is 0.599. The maximum Gasteiger partial charge on any atom is -2.00 e. The Labute approximate surface area is 121 Å². The fourth-order valence-electron chi connectivity index (χ4n) is 1.21. The van der Waals surface area contributed by atoms with E-state index in [0.717, 1.165) is 26.4 Å². The van der Waals surface area contributed by atoms with Gasteiger partial charge >= 0.3 is 116 Å². The van der Waals surface area contributed by atoms with Crippen molar-refractivity contribution in [1.82, 2.24) is 0 Å². The van der Waals surface area contributed by atoms with Crippen molar-refractivity contribution in [2.24, 2.45) is 0 Å². The van der Waals surface area contributed by atoms with Crippen molar-refractivity contribution < 1.29 is 24.4 Å². The van der Waals surface area contributed by atoms with E-state index in [1.54, 1.807) is 14.2 Å². The van der Waals surface area contributed by atoms with Crippen LogP contribution in [0.25, 0.3) is 0 Å². The zero-order valence-electron chi connectivity index (χ0n) is 11.6. The molecule has 0 heterocycles. The van der Waals surface area contributed by atoms with Gasteiger partial charge in [-0.15, -0.1) is 0 Å². The minimum Gasteiger partial charge on any atom is -2.00 e. The summed E-state index contributed by atoms with van der Waals surface area (Å²) in [7, 11) is 3.40. The molecule has 0 spiro atoms. The summed E-state index contributed by atoms with van der Waals surface area (Å²) in [5.41, 5.74) is 0. The summed E-state index contributed by atoms with van der Waals surface area (Å²) >= 11 is -0.149. The number of hydrogen-bond acceptors (Lipinski definition) is 4. The summed E-state index contributed by atoms with van der Waals surface area (Å²) in [4.78, 5) is 0. The van der Waals surface area contributed by atoms with E-state index in [1.807, 2.05) is 0 Å². The minimum atomic E-state index is -0.149. The molecule has 18 heavy (non-hydrogen) atoms. The molecule has 0 unspecified atom stereocenters. The van der Waals surface area contributed by atoms with E-state index >= 15 is 0 Å². The number of hydrogen-bond donors (Lipinski definition) is 0. The standard InChI is InChI=1S/2C6H13O2.O.Sn/c2*1-3-4-8-6-5-7-2;;/h2*1,3-6H2,2H3;;/q;;-2;+2. The fourth-order valence-corrected chi connectivity index (χ4v) is 4.18. The van der Waals surface area contributed by atoms with Crippen molar-refractivity contribution in [3.8, 4) is 0 Å². The van der Waals surface area contributed by atoms with Crippen LogP contribution in [0, 0.1) is 0 Å². The molecule has 0 aliphatic heterocycles. The topological polar surface area (TPSA) is 65.4 Å². The molecule has 0 rings (SSSR count). The van der Waals surface area contributed by atoms with Crippen LogP contribution in [0.1, 0.15) is 12.8 Å². The van der Waals surface area contributed by atoms with Crippen LogP contribution in [-0.4, -0.2) is 75.0 Å². The van der Waals surface area contributed by atoms with Gasteiger partial charge in [0.15, 0.2) is 0 Å². The van der Waals surface area contributed by atoms with Gasteiger partial charge in [-0.1, -0.05) is 0 Å². The predicted molar refractivity (Wildman–Crippen MR) is 70.7 cm³/mol. The molecular formula is C12H26O5Sn. The van der Waals surface area contributed by atoms with Gasteiger partial charge in [-0.2, -0.15) is 0 Å². The molecule has 6 heteroatoms. The third kappa shape index (κ3) is 19.0. The molecule has 0 aliphatic carbocycles. The van der Waals surface area contributed by atoms with Crippen LogP contribution < -0.4 is 0 Å². The quantitative estimate of drug-likeness (QED) is 0.344. The van der Waals surface area contributed by atoms with Gasteiger partial charge in [-0.25, -0.2) is 0 Å². The summed E-state index contributed by atoms with van der Waals surface area (Å²) in [6.07, 6.45) is 2.45. The first-order valence-corrected chi connectivity index (χ1v) is 10.3. The molecule has 0 N–H and O–H groups in total. The Morgan fingerprint density at radius 2 is 1.11 bits per heavy atom. The summed E-state index contributed by atoms with van der Waals surface area (Å²) < 4.78 is 23.5. The van der Waals surface area contributed by atoms with Crippen molar-refractivity contribution in [3.05, 3.63) is 0 Å². The van der Waals surface area contributed by atoms with Crippen molar-refractivity contribution in [1.29, 1.82) is 0 Å². The molecule has 5 nitrogen and oxygen atoms in total. The summed E-state index contributed by atoms with van der Waals surface area (Å²) in [6, 6.07) is 0. The van der Waals surface area contributed by atoms with Gasteiger partial charge in [0.25, 0.3) is 0 Å². The second-order valence-electron chi connectivity index (χ2n) is 3.67. The fraction of sp³-hybridized carbons (Fsp3) is 1.00. The zero-order chi connectivity index (χ0) is 12.6. The molecule has 0 aromatic rings. The average Bonchev–Trinajstić information content (AvgIpc) is 2.35. The maximum atomic E-state index is 5.41. The second kappa shape index (κ2) is 19.9. The smallest absolute Gasteiger partial charge is 2.00 e. The molecule has 0 atom stereocenters. The molecule has 0 saturated carbocycles. The van der Waals surface area contributed by atoms with Gasteiger partial charge in [0, 0.05) is 0 Å². The second-order valence-corrected chi connectivity index (χ2v) is 7.95. The van der Waals surface area contributed by atoms with Crippen LogP contribution in [0.4, 0.5) is 0 Å². The van der Waals surface area contributed by atoms with Gasteiger partial charge in [-0.3, -0.25) is 0 Å². The van der Waals surface area contributed by atoms with Crippen molar-refractivity contribution >= 4 is 21.1 Å². The number of methoxy groups -OCH3 is 2. The van der Waals surface area contributed by atoms with E-state index < -0.39 is 0 Å². The van der Waals surface area contributed by atoms with Crippen molar-refractivity contribution in [2.75, 3.05) is 53.9 Å². The summed E-state index contributed by atoms with van der Waals surface area (Å²) in [5, 5.41) is 0. The summed E-state index contributed by atoms with van der Waals surface area (Å²) in [5.74, 6) is 0. The molecule has 0 radical (unpaired) electrons. The molecular weight excluding hydrogens is 343 g/mol. The van der Waals surface area contributed by atoms with Gasteiger partial charge in [0.05, 0.1) is 0 Å². The van der Waals surface area contributed by atoms with Crippen LogP contribution in [0.3, 0.4) is 0 Å². The molecule has 0 amide bonds. The minimum absolute atomic E-state index is 0. The molecule has 0 bridgehead atoms. The molecule has 108 valence electrons. The third-order valence-corrected chi connectivity index (χ3v) is 6.18. The third-order valence-electron chi connectivity index (χ3n) is 2.15. The van der Waals surface area contributed by atoms with Crippen LogP contribution in [0.15, 0.2) is 0 Å². The van der Waals surface area contributed by atoms with Gasteiger partial charge in [-0.05, 0) is 0 Å². The SMILES string of the molecule is COCCOCC[CH2][Sn+2][CH2]CCOCCOC.[O-2]. The van der Waals surface area contributed by atoms with Gasteiger partial charge in [0.2, 0.25) is 0 Å². The monoisotopic (exact) mass is 370 g/mol. The van der Waals surface area contributed by atoms with Gasteiger partial charge in [0.1, 0.15) is 0 Å². The molecule has 0 aliphatic rings. The Morgan fingerprint density at radius 3 is 1.50 bits per heavy atom. The Bertz CT molecular complexity index is 124. The van der Waals surface area contributed by atoms with E-state index in [1.165, 1.54) is 21.7 Å². The van der Waals surface area contributed by atoms with E-state index in [4.69, 9.17) is 18.9 Å². The van der Waals surface area contributed by atoms with Crippen LogP contribution in [0.2, 0.25) is 8.87 Å². The Kier molecular flexibility index (Phi) is 23.1.